The third kappa shape index (κ3) is 3.75. The molecule has 0 radical (unpaired) electrons. The number of carbonyl (C=O) groups excluding carboxylic acids is 1. The minimum absolute atomic E-state index is 0.0455. The molecule has 3 rings (SSSR count). The second-order valence-electron chi connectivity index (χ2n) is 7.27. The van der Waals surface area contributed by atoms with Gasteiger partial charge in [0.25, 0.3) is 0 Å². The van der Waals surface area contributed by atoms with E-state index in [0.29, 0.717) is 0 Å². The maximum Gasteiger partial charge on any atom is 0.407 e. The fraction of sp³-hybridized carbons (Fsp3) is 0.409. The van der Waals surface area contributed by atoms with Crippen molar-refractivity contribution in [1.29, 1.82) is 0 Å². The van der Waals surface area contributed by atoms with E-state index in [1.54, 1.807) is 0 Å². The van der Waals surface area contributed by atoms with Crippen molar-refractivity contribution >= 4 is 6.09 Å². The lowest BCUT2D eigenvalue weighted by Gasteiger charge is -2.28. The molecular formula is C22H27NO3. The van der Waals surface area contributed by atoms with Crippen LogP contribution in [-0.4, -0.2) is 30.0 Å². The highest BCUT2D eigenvalue weighted by Gasteiger charge is 2.30. The zero-order valence-electron chi connectivity index (χ0n) is 15.5. The van der Waals surface area contributed by atoms with Crippen molar-refractivity contribution in [2.45, 2.75) is 44.6 Å². The van der Waals surface area contributed by atoms with E-state index >= 15 is 0 Å². The summed E-state index contributed by atoms with van der Waals surface area (Å²) >= 11 is 0. The molecule has 2 N–H and O–H groups in total. The Labute approximate surface area is 155 Å². The Bertz CT molecular complexity index is 728. The van der Waals surface area contributed by atoms with E-state index < -0.39 is 11.6 Å². The van der Waals surface area contributed by atoms with Gasteiger partial charge in [-0.1, -0.05) is 68.3 Å². The first-order valence-corrected chi connectivity index (χ1v) is 9.32. The largest absolute Gasteiger partial charge is 0.449 e. The Morgan fingerprint density at radius 2 is 1.69 bits per heavy atom. The van der Waals surface area contributed by atoms with Crippen LogP contribution in [0.3, 0.4) is 0 Å². The number of alkyl carbamates (subject to hydrolysis) is 1. The second kappa shape index (κ2) is 7.92. The molecule has 0 fully saturated rings. The van der Waals surface area contributed by atoms with Crippen LogP contribution in [0.5, 0.6) is 0 Å². The van der Waals surface area contributed by atoms with Gasteiger partial charge in [0.2, 0.25) is 0 Å². The van der Waals surface area contributed by atoms with Crippen molar-refractivity contribution in [2.24, 2.45) is 0 Å². The maximum absolute atomic E-state index is 12.3. The standard InChI is InChI=1S/C22H27NO3/c1-3-4-13-22(2,15-24)23-21(25)26-14-20-18-11-7-5-9-16(18)17-10-6-8-12-19(17)20/h5-12,20,24H,3-4,13-15H2,1-2H3,(H,23,25). The topological polar surface area (TPSA) is 58.6 Å². The number of aliphatic hydroxyl groups is 1. The molecule has 0 aromatic heterocycles. The van der Waals surface area contributed by atoms with Crippen molar-refractivity contribution in [3.8, 4) is 11.1 Å². The number of nitrogens with one attached hydrogen (secondary N) is 1. The molecule has 1 amide bonds. The maximum atomic E-state index is 12.3. The number of amides is 1. The number of carbonyl (C=O) groups is 1. The zero-order valence-corrected chi connectivity index (χ0v) is 15.5. The first-order valence-electron chi connectivity index (χ1n) is 9.32. The first-order chi connectivity index (χ1) is 12.6. The van der Waals surface area contributed by atoms with E-state index in [0.717, 1.165) is 19.3 Å². The predicted molar refractivity (Wildman–Crippen MR) is 103 cm³/mol. The van der Waals surface area contributed by atoms with Gasteiger partial charge in [0.15, 0.2) is 0 Å². The predicted octanol–water partition coefficient (Wildman–Crippen LogP) is 4.47. The number of hydrogen-bond donors (Lipinski definition) is 2. The summed E-state index contributed by atoms with van der Waals surface area (Å²) < 4.78 is 5.56. The van der Waals surface area contributed by atoms with Crippen molar-refractivity contribution in [3.05, 3.63) is 59.7 Å². The highest BCUT2D eigenvalue weighted by atomic mass is 16.5. The molecule has 2 aromatic carbocycles. The second-order valence-corrected chi connectivity index (χ2v) is 7.27. The van der Waals surface area contributed by atoms with Crippen LogP contribution in [0, 0.1) is 0 Å². The van der Waals surface area contributed by atoms with Gasteiger partial charge in [-0.3, -0.25) is 0 Å². The minimum atomic E-state index is -0.640. The van der Waals surface area contributed by atoms with Crippen LogP contribution >= 0.6 is 0 Å². The highest BCUT2D eigenvalue weighted by Crippen LogP contribution is 2.44. The monoisotopic (exact) mass is 353 g/mol. The third-order valence-electron chi connectivity index (χ3n) is 5.18. The van der Waals surface area contributed by atoms with Gasteiger partial charge in [-0.15, -0.1) is 0 Å². The van der Waals surface area contributed by atoms with Crippen LogP contribution in [0.1, 0.15) is 50.2 Å². The summed E-state index contributed by atoms with van der Waals surface area (Å²) in [5, 5.41) is 12.5. The normalized spacial score (nSPS) is 15.0. The van der Waals surface area contributed by atoms with Crippen LogP contribution < -0.4 is 5.32 Å². The Kier molecular flexibility index (Phi) is 5.62. The lowest BCUT2D eigenvalue weighted by Crippen LogP contribution is -2.49. The van der Waals surface area contributed by atoms with E-state index in [4.69, 9.17) is 4.74 Å². The smallest absolute Gasteiger partial charge is 0.407 e. The van der Waals surface area contributed by atoms with Gasteiger partial charge in [0, 0.05) is 5.92 Å². The van der Waals surface area contributed by atoms with Crippen molar-refractivity contribution in [3.63, 3.8) is 0 Å². The summed E-state index contributed by atoms with van der Waals surface area (Å²) in [4.78, 5) is 12.3. The molecule has 1 aliphatic carbocycles. The fourth-order valence-electron chi connectivity index (χ4n) is 3.63. The Morgan fingerprint density at radius 1 is 1.12 bits per heavy atom. The zero-order chi connectivity index (χ0) is 18.6. The van der Waals surface area contributed by atoms with Crippen LogP contribution in [0.2, 0.25) is 0 Å². The Balaban J connectivity index is 1.69. The van der Waals surface area contributed by atoms with Crippen molar-refractivity contribution in [2.75, 3.05) is 13.2 Å². The average Bonchev–Trinajstić information content (AvgIpc) is 2.99. The molecule has 0 spiro atoms. The van der Waals surface area contributed by atoms with E-state index in [-0.39, 0.29) is 19.1 Å². The number of rotatable bonds is 7. The van der Waals surface area contributed by atoms with Gasteiger partial charge in [0.05, 0.1) is 12.1 Å². The molecule has 1 aliphatic rings. The minimum Gasteiger partial charge on any atom is -0.449 e. The molecule has 2 aromatic rings. The molecule has 0 heterocycles. The molecule has 4 nitrogen and oxygen atoms in total. The molecule has 0 saturated carbocycles. The van der Waals surface area contributed by atoms with Crippen molar-refractivity contribution in [1.82, 2.24) is 5.32 Å². The summed E-state index contributed by atoms with van der Waals surface area (Å²) in [5.41, 5.74) is 4.16. The summed E-state index contributed by atoms with van der Waals surface area (Å²) in [6.07, 6.45) is 2.21. The summed E-state index contributed by atoms with van der Waals surface area (Å²) in [5.74, 6) is 0.0455. The van der Waals surface area contributed by atoms with Gasteiger partial charge in [-0.25, -0.2) is 4.79 Å². The number of benzene rings is 2. The third-order valence-corrected chi connectivity index (χ3v) is 5.18. The lowest BCUT2D eigenvalue weighted by molar-refractivity contribution is 0.110. The number of ether oxygens (including phenoxy) is 1. The molecule has 0 saturated heterocycles. The van der Waals surface area contributed by atoms with E-state index in [1.165, 1.54) is 22.3 Å². The number of aliphatic hydroxyl groups excluding tert-OH is 1. The summed E-state index contributed by atoms with van der Waals surface area (Å²) in [6, 6.07) is 16.5. The fourth-order valence-corrected chi connectivity index (χ4v) is 3.63. The van der Waals surface area contributed by atoms with Gasteiger partial charge in [-0.05, 0) is 35.6 Å². The quantitative estimate of drug-likeness (QED) is 0.772. The number of fused-ring (bicyclic) bond motifs is 3. The van der Waals surface area contributed by atoms with Crippen LogP contribution in [0.25, 0.3) is 11.1 Å². The van der Waals surface area contributed by atoms with E-state index in [2.05, 4.69) is 36.5 Å². The number of unbranched alkanes of at least 4 members (excludes halogenated alkanes) is 1. The van der Waals surface area contributed by atoms with E-state index in [9.17, 15) is 9.90 Å². The van der Waals surface area contributed by atoms with Gasteiger partial charge in [-0.2, -0.15) is 0 Å². The van der Waals surface area contributed by atoms with Gasteiger partial charge >= 0.3 is 6.09 Å². The first kappa shape index (κ1) is 18.5. The molecule has 1 unspecified atom stereocenters. The molecule has 0 bridgehead atoms. The molecular weight excluding hydrogens is 326 g/mol. The summed E-state index contributed by atoms with van der Waals surface area (Å²) in [7, 11) is 0. The Morgan fingerprint density at radius 3 is 2.23 bits per heavy atom. The highest BCUT2D eigenvalue weighted by molar-refractivity contribution is 5.79. The van der Waals surface area contributed by atoms with Crippen LogP contribution in [0.15, 0.2) is 48.5 Å². The van der Waals surface area contributed by atoms with Crippen LogP contribution in [-0.2, 0) is 4.74 Å². The lowest BCUT2D eigenvalue weighted by atomic mass is 9.96. The summed E-state index contributed by atoms with van der Waals surface area (Å²) in [6.45, 7) is 4.13. The Hall–Kier alpha value is -2.33. The molecule has 26 heavy (non-hydrogen) atoms. The van der Waals surface area contributed by atoms with Crippen molar-refractivity contribution < 1.29 is 14.6 Å². The van der Waals surface area contributed by atoms with E-state index in [1.807, 2.05) is 31.2 Å². The van der Waals surface area contributed by atoms with Gasteiger partial charge in [0.1, 0.15) is 6.61 Å². The molecule has 4 heteroatoms. The van der Waals surface area contributed by atoms with Crippen LogP contribution in [0.4, 0.5) is 4.79 Å². The SMILES string of the molecule is CCCCC(C)(CO)NC(=O)OCC1c2ccccc2-c2ccccc21. The molecule has 1 atom stereocenters. The average molecular weight is 353 g/mol. The number of hydrogen-bond acceptors (Lipinski definition) is 3. The molecule has 138 valence electrons. The van der Waals surface area contributed by atoms with Gasteiger partial charge < -0.3 is 15.2 Å². The molecule has 0 aliphatic heterocycles.